The first kappa shape index (κ1) is 13.2. The van der Waals surface area contributed by atoms with Crippen molar-refractivity contribution in [1.29, 1.82) is 0 Å². The second kappa shape index (κ2) is 5.48. The summed E-state index contributed by atoms with van der Waals surface area (Å²) in [7, 11) is 0. The maximum Gasteiger partial charge on any atom is 0.230 e. The van der Waals surface area contributed by atoms with Crippen LogP contribution in [0.3, 0.4) is 0 Å². The maximum atomic E-state index is 12.5. The minimum atomic E-state index is -0.161. The molecule has 0 aromatic carbocycles. The molecule has 0 aliphatic carbocycles. The van der Waals surface area contributed by atoms with Gasteiger partial charge in [0.25, 0.3) is 0 Å². The SMILES string of the molecule is C=C(C)CN(CC)C(=O)C1(CC)CCNC1. The summed E-state index contributed by atoms with van der Waals surface area (Å²) < 4.78 is 0. The van der Waals surface area contributed by atoms with Gasteiger partial charge in [0.1, 0.15) is 0 Å². The molecule has 1 rings (SSSR count). The molecule has 0 aromatic heterocycles. The number of carbonyl (C=O) groups excluding carboxylic acids is 1. The van der Waals surface area contributed by atoms with Crippen molar-refractivity contribution in [3.8, 4) is 0 Å². The van der Waals surface area contributed by atoms with Crippen LogP contribution in [0.25, 0.3) is 0 Å². The third-order valence-electron chi connectivity index (χ3n) is 3.50. The molecule has 0 saturated carbocycles. The van der Waals surface area contributed by atoms with E-state index in [1.54, 1.807) is 0 Å². The first-order valence-electron chi connectivity index (χ1n) is 6.20. The molecule has 1 atom stereocenters. The molecule has 1 heterocycles. The van der Waals surface area contributed by atoms with Crippen molar-refractivity contribution in [1.82, 2.24) is 10.2 Å². The molecular weight excluding hydrogens is 200 g/mol. The van der Waals surface area contributed by atoms with Crippen LogP contribution in [0.2, 0.25) is 0 Å². The number of nitrogens with zero attached hydrogens (tertiary/aromatic N) is 1. The Kier molecular flexibility index (Phi) is 4.54. The highest BCUT2D eigenvalue weighted by atomic mass is 16.2. The molecule has 1 aliphatic heterocycles. The van der Waals surface area contributed by atoms with E-state index in [1.807, 2.05) is 18.7 Å². The van der Waals surface area contributed by atoms with E-state index in [4.69, 9.17) is 0 Å². The van der Waals surface area contributed by atoms with Gasteiger partial charge in [0, 0.05) is 19.6 Å². The largest absolute Gasteiger partial charge is 0.338 e. The Morgan fingerprint density at radius 2 is 2.19 bits per heavy atom. The first-order valence-corrected chi connectivity index (χ1v) is 6.20. The first-order chi connectivity index (χ1) is 7.55. The molecule has 0 radical (unpaired) electrons. The van der Waals surface area contributed by atoms with E-state index in [2.05, 4.69) is 18.8 Å². The standard InChI is InChI=1S/C13H24N2O/c1-5-13(7-8-14-10-13)12(16)15(6-2)9-11(3)4/h14H,3,5-10H2,1-2,4H3. The van der Waals surface area contributed by atoms with Gasteiger partial charge in [-0.25, -0.2) is 0 Å². The van der Waals surface area contributed by atoms with E-state index >= 15 is 0 Å². The zero-order valence-electron chi connectivity index (χ0n) is 10.8. The van der Waals surface area contributed by atoms with Gasteiger partial charge in [-0.15, -0.1) is 0 Å². The minimum Gasteiger partial charge on any atom is -0.338 e. The van der Waals surface area contributed by atoms with Crippen LogP contribution in [0.5, 0.6) is 0 Å². The molecule has 1 fully saturated rings. The highest BCUT2D eigenvalue weighted by Crippen LogP contribution is 2.31. The van der Waals surface area contributed by atoms with E-state index in [1.165, 1.54) is 0 Å². The van der Waals surface area contributed by atoms with Gasteiger partial charge in [-0.3, -0.25) is 4.79 Å². The zero-order chi connectivity index (χ0) is 12.2. The van der Waals surface area contributed by atoms with Gasteiger partial charge in [-0.05, 0) is 33.2 Å². The summed E-state index contributed by atoms with van der Waals surface area (Å²) in [6.07, 6.45) is 1.89. The maximum absolute atomic E-state index is 12.5. The van der Waals surface area contributed by atoms with Gasteiger partial charge in [-0.2, -0.15) is 0 Å². The Labute approximate surface area is 98.9 Å². The van der Waals surface area contributed by atoms with Gasteiger partial charge in [0.05, 0.1) is 5.41 Å². The summed E-state index contributed by atoms with van der Waals surface area (Å²) in [5.74, 6) is 0.297. The summed E-state index contributed by atoms with van der Waals surface area (Å²) in [5.41, 5.74) is 0.887. The Hall–Kier alpha value is -0.830. The normalized spacial score (nSPS) is 24.4. The van der Waals surface area contributed by atoms with Crippen LogP contribution in [0, 0.1) is 5.41 Å². The molecule has 1 unspecified atom stereocenters. The fourth-order valence-electron chi connectivity index (χ4n) is 2.37. The highest BCUT2D eigenvalue weighted by Gasteiger charge is 2.41. The number of likely N-dealkylation sites (N-methyl/N-ethyl adjacent to an activating group) is 1. The van der Waals surface area contributed by atoms with Crippen molar-refractivity contribution in [2.45, 2.75) is 33.6 Å². The van der Waals surface area contributed by atoms with Crippen molar-refractivity contribution in [2.24, 2.45) is 5.41 Å². The lowest BCUT2D eigenvalue weighted by Gasteiger charge is -2.32. The van der Waals surface area contributed by atoms with Crippen LogP contribution in [-0.4, -0.2) is 37.0 Å². The molecule has 0 bridgehead atoms. The van der Waals surface area contributed by atoms with E-state index in [9.17, 15) is 4.79 Å². The van der Waals surface area contributed by atoms with E-state index < -0.39 is 0 Å². The molecule has 92 valence electrons. The summed E-state index contributed by atoms with van der Waals surface area (Å²) in [6, 6.07) is 0. The number of carbonyl (C=O) groups is 1. The molecule has 1 amide bonds. The number of amides is 1. The fraction of sp³-hybridized carbons (Fsp3) is 0.769. The molecule has 0 spiro atoms. The lowest BCUT2D eigenvalue weighted by Crippen LogP contribution is -2.45. The van der Waals surface area contributed by atoms with Gasteiger partial charge in [0.15, 0.2) is 0 Å². The van der Waals surface area contributed by atoms with Crippen LogP contribution in [0.15, 0.2) is 12.2 Å². The summed E-state index contributed by atoms with van der Waals surface area (Å²) in [5, 5.41) is 3.31. The smallest absolute Gasteiger partial charge is 0.230 e. The van der Waals surface area contributed by atoms with Crippen LogP contribution in [0.1, 0.15) is 33.6 Å². The van der Waals surface area contributed by atoms with Gasteiger partial charge >= 0.3 is 0 Å². The van der Waals surface area contributed by atoms with Crippen LogP contribution in [0.4, 0.5) is 0 Å². The Balaban J connectivity index is 2.76. The van der Waals surface area contributed by atoms with Gasteiger partial charge in [0.2, 0.25) is 5.91 Å². The van der Waals surface area contributed by atoms with E-state index in [0.717, 1.165) is 38.0 Å². The third-order valence-corrected chi connectivity index (χ3v) is 3.50. The Morgan fingerprint density at radius 1 is 1.50 bits per heavy atom. The molecule has 3 nitrogen and oxygen atoms in total. The quantitative estimate of drug-likeness (QED) is 0.722. The minimum absolute atomic E-state index is 0.161. The summed E-state index contributed by atoms with van der Waals surface area (Å²) in [4.78, 5) is 14.4. The van der Waals surface area contributed by atoms with E-state index in [0.29, 0.717) is 12.5 Å². The van der Waals surface area contributed by atoms with Crippen molar-refractivity contribution in [3.63, 3.8) is 0 Å². The lowest BCUT2D eigenvalue weighted by atomic mass is 9.82. The van der Waals surface area contributed by atoms with Gasteiger partial charge in [-0.1, -0.05) is 19.1 Å². The highest BCUT2D eigenvalue weighted by molar-refractivity contribution is 5.83. The zero-order valence-corrected chi connectivity index (χ0v) is 10.8. The predicted molar refractivity (Wildman–Crippen MR) is 67.3 cm³/mol. The third kappa shape index (κ3) is 2.64. The number of hydrogen-bond acceptors (Lipinski definition) is 2. The van der Waals surface area contributed by atoms with Gasteiger partial charge < -0.3 is 10.2 Å². The topological polar surface area (TPSA) is 32.3 Å². The molecule has 3 heteroatoms. The van der Waals surface area contributed by atoms with Crippen LogP contribution in [-0.2, 0) is 4.79 Å². The second-order valence-electron chi connectivity index (χ2n) is 4.84. The summed E-state index contributed by atoms with van der Waals surface area (Å²) in [6.45, 7) is 13.3. The summed E-state index contributed by atoms with van der Waals surface area (Å²) >= 11 is 0. The van der Waals surface area contributed by atoms with Crippen LogP contribution >= 0.6 is 0 Å². The average Bonchev–Trinajstić information content (AvgIpc) is 2.74. The molecule has 0 aromatic rings. The Morgan fingerprint density at radius 3 is 2.56 bits per heavy atom. The van der Waals surface area contributed by atoms with Crippen molar-refractivity contribution >= 4 is 5.91 Å². The van der Waals surface area contributed by atoms with E-state index in [-0.39, 0.29) is 5.41 Å². The number of nitrogens with one attached hydrogen (secondary N) is 1. The van der Waals surface area contributed by atoms with Crippen molar-refractivity contribution in [2.75, 3.05) is 26.2 Å². The predicted octanol–water partition coefficient (Wildman–Crippen LogP) is 1.80. The Bertz CT molecular complexity index is 267. The molecule has 1 N–H and O–H groups in total. The monoisotopic (exact) mass is 224 g/mol. The average molecular weight is 224 g/mol. The van der Waals surface area contributed by atoms with Crippen molar-refractivity contribution in [3.05, 3.63) is 12.2 Å². The molecular formula is C13H24N2O. The number of rotatable bonds is 5. The molecule has 16 heavy (non-hydrogen) atoms. The molecule has 1 saturated heterocycles. The molecule has 1 aliphatic rings. The fourth-order valence-corrected chi connectivity index (χ4v) is 2.37. The van der Waals surface area contributed by atoms with Crippen LogP contribution < -0.4 is 5.32 Å². The number of hydrogen-bond donors (Lipinski definition) is 1. The second-order valence-corrected chi connectivity index (χ2v) is 4.84. The lowest BCUT2D eigenvalue weighted by molar-refractivity contribution is -0.140. The van der Waals surface area contributed by atoms with Crippen molar-refractivity contribution < 1.29 is 4.79 Å².